The number of benzene rings is 2. The highest BCUT2D eigenvalue weighted by atomic mass is 79.9. The topological polar surface area (TPSA) is 42.2 Å². The number of hydrogen-bond donors (Lipinski definition) is 1. The standard InChI is InChI=1S/C19H18BrNO2/c1-11(2)15-6-4-5-12(3)18(15)21-19(22)17-10-13-9-14(20)7-8-16(13)23-17/h4-11H,1-3H3,(H,21,22). The van der Waals surface area contributed by atoms with E-state index in [2.05, 4.69) is 35.1 Å². The Morgan fingerprint density at radius 2 is 1.96 bits per heavy atom. The number of hydrogen-bond acceptors (Lipinski definition) is 2. The van der Waals surface area contributed by atoms with Crippen LogP contribution < -0.4 is 5.32 Å². The van der Waals surface area contributed by atoms with Gasteiger partial charge in [0.1, 0.15) is 5.58 Å². The van der Waals surface area contributed by atoms with Crippen LogP contribution in [0.25, 0.3) is 11.0 Å². The van der Waals surface area contributed by atoms with E-state index in [1.165, 1.54) is 0 Å². The average Bonchev–Trinajstić information content (AvgIpc) is 2.92. The quantitative estimate of drug-likeness (QED) is 0.624. The molecule has 2 aromatic carbocycles. The van der Waals surface area contributed by atoms with Gasteiger partial charge in [-0.3, -0.25) is 4.79 Å². The van der Waals surface area contributed by atoms with Gasteiger partial charge in [0.05, 0.1) is 0 Å². The molecule has 0 radical (unpaired) electrons. The fourth-order valence-corrected chi connectivity index (χ4v) is 3.02. The van der Waals surface area contributed by atoms with Gasteiger partial charge in [-0.15, -0.1) is 0 Å². The number of halogens is 1. The molecule has 1 heterocycles. The zero-order valence-electron chi connectivity index (χ0n) is 13.3. The zero-order chi connectivity index (χ0) is 16.6. The number of para-hydroxylation sites is 1. The summed E-state index contributed by atoms with van der Waals surface area (Å²) in [7, 11) is 0. The molecule has 0 aliphatic carbocycles. The molecule has 0 atom stereocenters. The lowest BCUT2D eigenvalue weighted by Crippen LogP contribution is -2.14. The predicted octanol–water partition coefficient (Wildman–Crippen LogP) is 5.88. The second-order valence-electron chi connectivity index (χ2n) is 5.94. The number of carbonyl (C=O) groups is 1. The van der Waals surface area contributed by atoms with Crippen LogP contribution in [-0.4, -0.2) is 5.91 Å². The van der Waals surface area contributed by atoms with Gasteiger partial charge in [0.15, 0.2) is 5.76 Å². The van der Waals surface area contributed by atoms with Gasteiger partial charge >= 0.3 is 0 Å². The van der Waals surface area contributed by atoms with E-state index in [1.54, 1.807) is 6.07 Å². The fourth-order valence-electron chi connectivity index (χ4n) is 2.64. The number of nitrogens with one attached hydrogen (secondary N) is 1. The monoisotopic (exact) mass is 371 g/mol. The van der Waals surface area contributed by atoms with Crippen LogP contribution in [0.2, 0.25) is 0 Å². The molecule has 3 rings (SSSR count). The van der Waals surface area contributed by atoms with Crippen molar-refractivity contribution in [1.82, 2.24) is 0 Å². The molecule has 0 aliphatic rings. The molecule has 1 amide bonds. The lowest BCUT2D eigenvalue weighted by molar-refractivity contribution is 0.0998. The third kappa shape index (κ3) is 3.17. The Kier molecular flexibility index (Phi) is 4.26. The maximum absolute atomic E-state index is 12.6. The predicted molar refractivity (Wildman–Crippen MR) is 97.1 cm³/mol. The molecular weight excluding hydrogens is 354 g/mol. The summed E-state index contributed by atoms with van der Waals surface area (Å²) in [6.07, 6.45) is 0. The third-order valence-electron chi connectivity index (χ3n) is 3.87. The Balaban J connectivity index is 1.95. The minimum atomic E-state index is -0.228. The van der Waals surface area contributed by atoms with Crippen LogP contribution in [0.5, 0.6) is 0 Å². The maximum atomic E-state index is 12.6. The van der Waals surface area contributed by atoms with Gasteiger partial charge in [-0.25, -0.2) is 0 Å². The molecule has 4 heteroatoms. The second kappa shape index (κ2) is 6.20. The summed E-state index contributed by atoms with van der Waals surface area (Å²) in [6, 6.07) is 13.5. The van der Waals surface area contributed by atoms with Gasteiger partial charge in [-0.2, -0.15) is 0 Å². The van der Waals surface area contributed by atoms with Gasteiger partial charge in [0.2, 0.25) is 0 Å². The smallest absolute Gasteiger partial charge is 0.291 e. The minimum Gasteiger partial charge on any atom is -0.451 e. The van der Waals surface area contributed by atoms with E-state index in [9.17, 15) is 4.79 Å². The van der Waals surface area contributed by atoms with Crippen LogP contribution in [0.15, 0.2) is 51.4 Å². The minimum absolute atomic E-state index is 0.228. The molecule has 0 bridgehead atoms. The Hall–Kier alpha value is -2.07. The number of rotatable bonds is 3. The van der Waals surface area contributed by atoms with E-state index in [0.29, 0.717) is 17.3 Å². The summed E-state index contributed by atoms with van der Waals surface area (Å²) < 4.78 is 6.62. The van der Waals surface area contributed by atoms with Crippen molar-refractivity contribution in [2.24, 2.45) is 0 Å². The third-order valence-corrected chi connectivity index (χ3v) is 4.36. The van der Waals surface area contributed by atoms with E-state index >= 15 is 0 Å². The molecule has 0 saturated carbocycles. The molecule has 23 heavy (non-hydrogen) atoms. The Labute approximate surface area is 143 Å². The van der Waals surface area contributed by atoms with Gasteiger partial charge in [0.25, 0.3) is 5.91 Å². The molecule has 1 N–H and O–H groups in total. The van der Waals surface area contributed by atoms with Crippen LogP contribution in [-0.2, 0) is 0 Å². The molecule has 3 aromatic rings. The number of amides is 1. The number of carbonyl (C=O) groups excluding carboxylic acids is 1. The lowest BCUT2D eigenvalue weighted by Gasteiger charge is -2.15. The number of aryl methyl sites for hydroxylation is 1. The summed E-state index contributed by atoms with van der Waals surface area (Å²) in [5.41, 5.74) is 3.74. The highest BCUT2D eigenvalue weighted by molar-refractivity contribution is 9.10. The van der Waals surface area contributed by atoms with Crippen LogP contribution in [0.3, 0.4) is 0 Å². The summed E-state index contributed by atoms with van der Waals surface area (Å²) in [4.78, 5) is 12.6. The van der Waals surface area contributed by atoms with E-state index in [1.807, 2.05) is 43.3 Å². The first-order valence-corrected chi connectivity index (χ1v) is 8.35. The Bertz CT molecular complexity index is 880. The summed E-state index contributed by atoms with van der Waals surface area (Å²) in [5.74, 6) is 0.418. The van der Waals surface area contributed by atoms with E-state index in [0.717, 1.165) is 26.7 Å². The SMILES string of the molecule is Cc1cccc(C(C)C)c1NC(=O)c1cc2cc(Br)ccc2o1. The van der Waals surface area contributed by atoms with Crippen LogP contribution >= 0.6 is 15.9 Å². The van der Waals surface area contributed by atoms with E-state index in [4.69, 9.17) is 4.42 Å². The van der Waals surface area contributed by atoms with Crippen molar-refractivity contribution in [2.45, 2.75) is 26.7 Å². The van der Waals surface area contributed by atoms with Gasteiger partial charge < -0.3 is 9.73 Å². The fraction of sp³-hybridized carbons (Fsp3) is 0.211. The highest BCUT2D eigenvalue weighted by Gasteiger charge is 2.16. The molecule has 3 nitrogen and oxygen atoms in total. The molecule has 0 saturated heterocycles. The first-order valence-electron chi connectivity index (χ1n) is 7.55. The largest absolute Gasteiger partial charge is 0.451 e. The van der Waals surface area contributed by atoms with Crippen molar-refractivity contribution >= 4 is 38.5 Å². The molecule has 0 spiro atoms. The normalized spacial score (nSPS) is 11.2. The van der Waals surface area contributed by atoms with Crippen molar-refractivity contribution in [2.75, 3.05) is 5.32 Å². The summed E-state index contributed by atoms with van der Waals surface area (Å²) >= 11 is 3.43. The number of anilines is 1. The maximum Gasteiger partial charge on any atom is 0.291 e. The van der Waals surface area contributed by atoms with Crippen molar-refractivity contribution in [1.29, 1.82) is 0 Å². The molecule has 0 fully saturated rings. The highest BCUT2D eigenvalue weighted by Crippen LogP contribution is 2.29. The van der Waals surface area contributed by atoms with E-state index in [-0.39, 0.29) is 5.91 Å². The molecule has 1 aromatic heterocycles. The molecule has 0 aliphatic heterocycles. The summed E-state index contributed by atoms with van der Waals surface area (Å²) in [5, 5.41) is 3.91. The van der Waals surface area contributed by atoms with Crippen LogP contribution in [0.4, 0.5) is 5.69 Å². The molecule has 0 unspecified atom stereocenters. The Morgan fingerprint density at radius 3 is 2.70 bits per heavy atom. The van der Waals surface area contributed by atoms with Crippen molar-refractivity contribution in [3.8, 4) is 0 Å². The van der Waals surface area contributed by atoms with Crippen LogP contribution in [0, 0.1) is 6.92 Å². The number of furan rings is 1. The van der Waals surface area contributed by atoms with Crippen molar-refractivity contribution in [3.05, 3.63) is 63.8 Å². The van der Waals surface area contributed by atoms with Crippen LogP contribution in [0.1, 0.15) is 41.4 Å². The lowest BCUT2D eigenvalue weighted by atomic mass is 9.98. The second-order valence-corrected chi connectivity index (χ2v) is 6.86. The van der Waals surface area contributed by atoms with Gasteiger partial charge in [-0.1, -0.05) is 48.0 Å². The molecular formula is C19H18BrNO2. The Morgan fingerprint density at radius 1 is 1.17 bits per heavy atom. The average molecular weight is 372 g/mol. The van der Waals surface area contributed by atoms with Crippen molar-refractivity contribution in [3.63, 3.8) is 0 Å². The first-order chi connectivity index (χ1) is 11.0. The van der Waals surface area contributed by atoms with E-state index < -0.39 is 0 Å². The van der Waals surface area contributed by atoms with Crippen molar-refractivity contribution < 1.29 is 9.21 Å². The first kappa shape index (κ1) is 15.8. The molecule has 118 valence electrons. The summed E-state index contributed by atoms with van der Waals surface area (Å²) in [6.45, 7) is 6.23. The van der Waals surface area contributed by atoms with Gasteiger partial charge in [-0.05, 0) is 48.2 Å². The van der Waals surface area contributed by atoms with Gasteiger partial charge in [0, 0.05) is 15.5 Å². The number of fused-ring (bicyclic) bond motifs is 1. The zero-order valence-corrected chi connectivity index (χ0v) is 14.9.